The fraction of sp³-hybridized carbons (Fsp3) is 0.533. The van der Waals surface area contributed by atoms with Crippen LogP contribution in [0.25, 0.3) is 0 Å². The zero-order valence-corrected chi connectivity index (χ0v) is 14.4. The number of hydrogen-bond acceptors (Lipinski definition) is 7. The highest BCUT2D eigenvalue weighted by Crippen LogP contribution is 2.37. The van der Waals surface area contributed by atoms with Gasteiger partial charge in [0.2, 0.25) is 5.91 Å². The standard InChI is InChI=1S/C15H19N5OS2/c16-6-12-18-9-7-20(5-4-10(9)22-12)14(21)8-2-1-3-11-13(8)19-15(17)23-11/h8H,1-7,16H2,(H2,17,19). The summed E-state index contributed by atoms with van der Waals surface area (Å²) >= 11 is 3.20. The van der Waals surface area contributed by atoms with Crippen LogP contribution in [0, 0.1) is 0 Å². The first-order valence-corrected chi connectivity index (χ1v) is 9.50. The van der Waals surface area contributed by atoms with Crippen LogP contribution in [0.1, 0.15) is 44.9 Å². The molecule has 0 saturated heterocycles. The van der Waals surface area contributed by atoms with Crippen molar-refractivity contribution < 1.29 is 4.79 Å². The average molecular weight is 349 g/mol. The van der Waals surface area contributed by atoms with Gasteiger partial charge in [0.05, 0.1) is 23.9 Å². The van der Waals surface area contributed by atoms with Crippen molar-refractivity contribution in [3.8, 4) is 0 Å². The normalized spacial score (nSPS) is 20.2. The third-order valence-electron chi connectivity index (χ3n) is 4.53. The summed E-state index contributed by atoms with van der Waals surface area (Å²) in [5, 5.41) is 1.53. The summed E-state index contributed by atoms with van der Waals surface area (Å²) in [6, 6.07) is 0. The fourth-order valence-electron chi connectivity index (χ4n) is 3.43. The van der Waals surface area contributed by atoms with Crippen LogP contribution in [-0.2, 0) is 30.7 Å². The molecule has 1 aliphatic heterocycles. The number of carbonyl (C=O) groups excluding carboxylic acids is 1. The molecule has 122 valence electrons. The number of nitrogens with zero attached hydrogens (tertiary/aromatic N) is 3. The minimum Gasteiger partial charge on any atom is -0.375 e. The molecule has 1 amide bonds. The van der Waals surface area contributed by atoms with E-state index < -0.39 is 0 Å². The molecule has 0 bridgehead atoms. The molecule has 1 unspecified atom stereocenters. The molecule has 2 aromatic rings. The highest BCUT2D eigenvalue weighted by Gasteiger charge is 2.34. The molecule has 2 aromatic heterocycles. The number of fused-ring (bicyclic) bond motifs is 2. The van der Waals surface area contributed by atoms with Crippen LogP contribution in [0.15, 0.2) is 0 Å². The first-order chi connectivity index (χ1) is 11.2. The lowest BCUT2D eigenvalue weighted by atomic mass is 9.89. The lowest BCUT2D eigenvalue weighted by Crippen LogP contribution is -2.39. The Morgan fingerprint density at radius 2 is 2.13 bits per heavy atom. The third-order valence-corrected chi connectivity index (χ3v) is 6.67. The second kappa shape index (κ2) is 5.85. The Morgan fingerprint density at radius 3 is 2.96 bits per heavy atom. The lowest BCUT2D eigenvalue weighted by Gasteiger charge is -2.31. The SMILES string of the molecule is NCc1nc2c(s1)CCN(C(=O)C1CCCc3sc(N)nc31)C2. The molecule has 3 heterocycles. The van der Waals surface area contributed by atoms with Crippen LogP contribution in [0.5, 0.6) is 0 Å². The van der Waals surface area contributed by atoms with E-state index in [1.807, 2.05) is 4.90 Å². The van der Waals surface area contributed by atoms with E-state index in [9.17, 15) is 4.79 Å². The Hall–Kier alpha value is -1.51. The Bertz CT molecular complexity index is 753. The minimum absolute atomic E-state index is 0.138. The van der Waals surface area contributed by atoms with Gasteiger partial charge in [0.1, 0.15) is 5.01 Å². The van der Waals surface area contributed by atoms with E-state index in [2.05, 4.69) is 9.97 Å². The van der Waals surface area contributed by atoms with E-state index in [0.717, 1.165) is 48.6 Å². The number of nitrogens with two attached hydrogens (primary N) is 2. The van der Waals surface area contributed by atoms with E-state index in [4.69, 9.17) is 11.5 Å². The molecule has 1 aliphatic carbocycles. The van der Waals surface area contributed by atoms with Gasteiger partial charge < -0.3 is 16.4 Å². The van der Waals surface area contributed by atoms with Gasteiger partial charge in [0, 0.05) is 29.3 Å². The molecule has 0 aromatic carbocycles. The van der Waals surface area contributed by atoms with E-state index in [1.54, 1.807) is 11.3 Å². The van der Waals surface area contributed by atoms with Crippen molar-refractivity contribution in [2.24, 2.45) is 5.73 Å². The van der Waals surface area contributed by atoms with Gasteiger partial charge in [0.25, 0.3) is 0 Å². The van der Waals surface area contributed by atoms with Crippen molar-refractivity contribution in [3.05, 3.63) is 26.1 Å². The van der Waals surface area contributed by atoms with E-state index >= 15 is 0 Å². The van der Waals surface area contributed by atoms with Crippen molar-refractivity contribution in [2.75, 3.05) is 12.3 Å². The van der Waals surface area contributed by atoms with Gasteiger partial charge in [-0.1, -0.05) is 0 Å². The van der Waals surface area contributed by atoms with Crippen LogP contribution < -0.4 is 11.5 Å². The van der Waals surface area contributed by atoms with Gasteiger partial charge in [-0.05, 0) is 19.3 Å². The first kappa shape index (κ1) is 15.0. The molecule has 6 nitrogen and oxygen atoms in total. The third kappa shape index (κ3) is 2.64. The van der Waals surface area contributed by atoms with Crippen LogP contribution >= 0.6 is 22.7 Å². The Morgan fingerprint density at radius 1 is 1.26 bits per heavy atom. The number of rotatable bonds is 2. The molecule has 23 heavy (non-hydrogen) atoms. The number of amides is 1. The molecule has 0 fully saturated rings. The number of carbonyl (C=O) groups is 1. The molecule has 0 saturated carbocycles. The Balaban J connectivity index is 1.56. The smallest absolute Gasteiger partial charge is 0.232 e. The summed E-state index contributed by atoms with van der Waals surface area (Å²) < 4.78 is 0. The quantitative estimate of drug-likeness (QED) is 0.859. The van der Waals surface area contributed by atoms with E-state index in [0.29, 0.717) is 18.2 Å². The topological polar surface area (TPSA) is 98.1 Å². The summed E-state index contributed by atoms with van der Waals surface area (Å²) in [6.07, 6.45) is 3.75. The summed E-state index contributed by atoms with van der Waals surface area (Å²) in [6.45, 7) is 1.81. The largest absolute Gasteiger partial charge is 0.375 e. The second-order valence-electron chi connectivity index (χ2n) is 6.00. The molecule has 8 heteroatoms. The zero-order chi connectivity index (χ0) is 16.0. The summed E-state index contributed by atoms with van der Waals surface area (Å²) in [4.78, 5) is 26.4. The predicted octanol–water partition coefficient (Wildman–Crippen LogP) is 1.65. The van der Waals surface area contributed by atoms with Gasteiger partial charge in [-0.15, -0.1) is 22.7 Å². The van der Waals surface area contributed by atoms with Crippen molar-refractivity contribution in [3.63, 3.8) is 0 Å². The zero-order valence-electron chi connectivity index (χ0n) is 12.7. The van der Waals surface area contributed by atoms with Gasteiger partial charge in [0.15, 0.2) is 5.13 Å². The molecule has 4 N–H and O–H groups in total. The molecular formula is C15H19N5OS2. The maximum atomic E-state index is 13.0. The molecule has 1 atom stereocenters. The first-order valence-electron chi connectivity index (χ1n) is 7.87. The molecule has 0 spiro atoms. The maximum Gasteiger partial charge on any atom is 0.232 e. The average Bonchev–Trinajstić information content (AvgIpc) is 3.14. The number of hydrogen-bond donors (Lipinski definition) is 2. The maximum absolute atomic E-state index is 13.0. The van der Waals surface area contributed by atoms with Gasteiger partial charge >= 0.3 is 0 Å². The minimum atomic E-state index is -0.138. The van der Waals surface area contributed by atoms with Crippen molar-refractivity contribution in [1.29, 1.82) is 0 Å². The van der Waals surface area contributed by atoms with Crippen LogP contribution in [0.4, 0.5) is 5.13 Å². The number of anilines is 1. The lowest BCUT2D eigenvalue weighted by molar-refractivity contribution is -0.134. The second-order valence-corrected chi connectivity index (χ2v) is 8.28. The van der Waals surface area contributed by atoms with Crippen LogP contribution in [0.2, 0.25) is 0 Å². The molecule has 2 aliphatic rings. The van der Waals surface area contributed by atoms with Gasteiger partial charge in [-0.3, -0.25) is 4.79 Å². The molecule has 0 radical (unpaired) electrons. The monoisotopic (exact) mass is 349 g/mol. The van der Waals surface area contributed by atoms with Crippen LogP contribution in [-0.4, -0.2) is 27.3 Å². The Labute approximate surface area is 142 Å². The van der Waals surface area contributed by atoms with Crippen LogP contribution in [0.3, 0.4) is 0 Å². The fourth-order valence-corrected chi connectivity index (χ4v) is 5.31. The Kier molecular flexibility index (Phi) is 3.82. The number of aryl methyl sites for hydroxylation is 1. The number of aromatic nitrogens is 2. The number of nitrogen functional groups attached to an aromatic ring is 1. The van der Waals surface area contributed by atoms with Gasteiger partial charge in [-0.2, -0.15) is 0 Å². The summed E-state index contributed by atoms with van der Waals surface area (Å²) in [7, 11) is 0. The summed E-state index contributed by atoms with van der Waals surface area (Å²) in [5.74, 6) is 0.0330. The van der Waals surface area contributed by atoms with Crippen molar-refractivity contribution in [1.82, 2.24) is 14.9 Å². The summed E-state index contributed by atoms with van der Waals surface area (Å²) in [5.41, 5.74) is 13.4. The van der Waals surface area contributed by atoms with Crippen molar-refractivity contribution in [2.45, 2.75) is 44.7 Å². The van der Waals surface area contributed by atoms with Gasteiger partial charge in [-0.25, -0.2) is 9.97 Å². The van der Waals surface area contributed by atoms with E-state index in [-0.39, 0.29) is 11.8 Å². The van der Waals surface area contributed by atoms with E-state index in [1.165, 1.54) is 21.1 Å². The van der Waals surface area contributed by atoms with Crippen molar-refractivity contribution >= 4 is 33.7 Å². The molecule has 4 rings (SSSR count). The predicted molar refractivity (Wildman–Crippen MR) is 91.3 cm³/mol. The highest BCUT2D eigenvalue weighted by atomic mass is 32.1. The number of thiazole rings is 2. The molecular weight excluding hydrogens is 330 g/mol. The highest BCUT2D eigenvalue weighted by molar-refractivity contribution is 7.15.